The van der Waals surface area contributed by atoms with Gasteiger partial charge in [-0.2, -0.15) is 5.10 Å². The normalized spacial score (nSPS) is 13.5. The van der Waals surface area contributed by atoms with Crippen LogP contribution in [-0.4, -0.2) is 68.3 Å². The van der Waals surface area contributed by atoms with E-state index in [0.717, 1.165) is 22.0 Å². The number of amides is 2. The number of hydrogen-bond donors (Lipinski definition) is 0. The lowest BCUT2D eigenvalue weighted by Crippen LogP contribution is -2.51. The smallest absolute Gasteiger partial charge is 0.253 e. The van der Waals surface area contributed by atoms with Crippen molar-refractivity contribution in [3.63, 3.8) is 0 Å². The zero-order valence-corrected chi connectivity index (χ0v) is 22.9. The topological polar surface area (TPSA) is 88.4 Å². The molecule has 2 aromatic heterocycles. The van der Waals surface area contributed by atoms with E-state index < -0.39 is 0 Å². The molecule has 2 amide bonds. The van der Waals surface area contributed by atoms with E-state index in [1.807, 2.05) is 42.6 Å². The first-order chi connectivity index (χ1) is 19.9. The predicted molar refractivity (Wildman–Crippen MR) is 154 cm³/mol. The molecule has 0 atom stereocenters. The molecule has 8 nitrogen and oxygen atoms in total. The molecular formula is C31H26FN5O3S. The van der Waals surface area contributed by atoms with Crippen molar-refractivity contribution in [1.82, 2.24) is 24.6 Å². The van der Waals surface area contributed by atoms with Gasteiger partial charge < -0.3 is 9.80 Å². The molecule has 0 aliphatic carbocycles. The molecular weight excluding hydrogens is 541 g/mol. The summed E-state index contributed by atoms with van der Waals surface area (Å²) in [5.41, 5.74) is 3.35. The fourth-order valence-electron chi connectivity index (χ4n) is 4.88. The summed E-state index contributed by atoms with van der Waals surface area (Å²) in [6.45, 7) is 2.03. The molecule has 0 spiro atoms. The molecule has 1 aliphatic heterocycles. The largest absolute Gasteiger partial charge is 0.338 e. The molecule has 1 fully saturated rings. The molecule has 3 aromatic carbocycles. The highest BCUT2D eigenvalue weighted by atomic mass is 32.1. The standard InChI is InChI=1S/C31H26FN5O3S/c32-25-9-7-22(8-10-25)30-33-27(20-41-30)28(38)17-21-6-11-26-24(16-21)18-37(34-26)19-29(39)35-12-14-36(15-13-35)31(40)23-4-2-1-3-5-23/h1-11,16,18,20H,12-15,17,19H2. The number of piperazine rings is 1. The highest BCUT2D eigenvalue weighted by molar-refractivity contribution is 7.13. The first-order valence-corrected chi connectivity index (χ1v) is 14.1. The van der Waals surface area contributed by atoms with Gasteiger partial charge in [0, 0.05) is 60.7 Å². The van der Waals surface area contributed by atoms with Crippen LogP contribution in [0.3, 0.4) is 0 Å². The van der Waals surface area contributed by atoms with Crippen molar-refractivity contribution >= 4 is 39.8 Å². The average molecular weight is 568 g/mol. The third-order valence-electron chi connectivity index (χ3n) is 7.10. The molecule has 206 valence electrons. The lowest BCUT2D eigenvalue weighted by atomic mass is 10.1. The maximum atomic E-state index is 13.2. The molecule has 6 rings (SSSR count). The molecule has 10 heteroatoms. The molecule has 0 radical (unpaired) electrons. The van der Waals surface area contributed by atoms with Crippen LogP contribution in [0, 0.1) is 5.82 Å². The number of benzene rings is 3. The summed E-state index contributed by atoms with van der Waals surface area (Å²) in [6.07, 6.45) is 1.99. The highest BCUT2D eigenvalue weighted by Gasteiger charge is 2.25. The van der Waals surface area contributed by atoms with Crippen LogP contribution < -0.4 is 0 Å². The predicted octanol–water partition coefficient (Wildman–Crippen LogP) is 4.71. The number of ketones is 1. The Hall–Kier alpha value is -4.70. The lowest BCUT2D eigenvalue weighted by molar-refractivity contribution is -0.133. The Morgan fingerprint density at radius 2 is 1.61 bits per heavy atom. The van der Waals surface area contributed by atoms with Crippen molar-refractivity contribution < 1.29 is 18.8 Å². The van der Waals surface area contributed by atoms with Crippen LogP contribution >= 0.6 is 11.3 Å². The Morgan fingerprint density at radius 3 is 2.37 bits per heavy atom. The van der Waals surface area contributed by atoms with E-state index in [0.29, 0.717) is 42.4 Å². The van der Waals surface area contributed by atoms with Crippen molar-refractivity contribution in [2.24, 2.45) is 0 Å². The Labute approximate surface area is 239 Å². The third-order valence-corrected chi connectivity index (χ3v) is 7.99. The van der Waals surface area contributed by atoms with Crippen molar-refractivity contribution in [2.75, 3.05) is 26.2 Å². The number of nitrogens with zero attached hydrogens (tertiary/aromatic N) is 5. The van der Waals surface area contributed by atoms with Crippen molar-refractivity contribution in [2.45, 2.75) is 13.0 Å². The number of hydrogen-bond acceptors (Lipinski definition) is 6. The molecule has 0 N–H and O–H groups in total. The van der Waals surface area contributed by atoms with E-state index in [1.54, 1.807) is 44.1 Å². The summed E-state index contributed by atoms with van der Waals surface area (Å²) in [4.78, 5) is 46.6. The monoisotopic (exact) mass is 567 g/mol. The molecule has 1 saturated heterocycles. The van der Waals surface area contributed by atoms with Gasteiger partial charge in [0.1, 0.15) is 23.1 Å². The second kappa shape index (κ2) is 11.4. The van der Waals surface area contributed by atoms with Gasteiger partial charge in [0.15, 0.2) is 5.78 Å². The van der Waals surface area contributed by atoms with Gasteiger partial charge in [0.05, 0.1) is 5.52 Å². The van der Waals surface area contributed by atoms with Crippen LogP contribution in [0.4, 0.5) is 4.39 Å². The lowest BCUT2D eigenvalue weighted by Gasteiger charge is -2.34. The van der Waals surface area contributed by atoms with Gasteiger partial charge in [0.25, 0.3) is 5.91 Å². The van der Waals surface area contributed by atoms with Crippen molar-refractivity contribution in [3.05, 3.63) is 107 Å². The summed E-state index contributed by atoms with van der Waals surface area (Å²) in [7, 11) is 0. The van der Waals surface area contributed by atoms with E-state index in [4.69, 9.17) is 0 Å². The van der Waals surface area contributed by atoms with Crippen LogP contribution in [0.15, 0.2) is 84.4 Å². The van der Waals surface area contributed by atoms with E-state index in [1.165, 1.54) is 23.5 Å². The molecule has 1 aliphatic rings. The molecule has 0 saturated carbocycles. The second-order valence-electron chi connectivity index (χ2n) is 9.90. The number of halogens is 1. The second-order valence-corrected chi connectivity index (χ2v) is 10.8. The van der Waals surface area contributed by atoms with Gasteiger partial charge in [-0.1, -0.05) is 24.3 Å². The summed E-state index contributed by atoms with van der Waals surface area (Å²) < 4.78 is 14.8. The molecule has 0 unspecified atom stereocenters. The zero-order valence-electron chi connectivity index (χ0n) is 22.1. The van der Waals surface area contributed by atoms with Gasteiger partial charge in [0.2, 0.25) is 5.91 Å². The first-order valence-electron chi connectivity index (χ1n) is 13.3. The maximum absolute atomic E-state index is 13.2. The van der Waals surface area contributed by atoms with Gasteiger partial charge in [-0.05, 0) is 54.1 Å². The zero-order chi connectivity index (χ0) is 28.3. The molecule has 0 bridgehead atoms. The summed E-state index contributed by atoms with van der Waals surface area (Å²) in [5, 5.41) is 7.76. The molecule has 5 aromatic rings. The summed E-state index contributed by atoms with van der Waals surface area (Å²) in [6, 6.07) is 20.8. The average Bonchev–Trinajstić information content (AvgIpc) is 3.65. The number of Topliss-reactive ketones (excluding diaryl/α,β-unsaturated/α-hetero) is 1. The van der Waals surface area contributed by atoms with Gasteiger partial charge >= 0.3 is 0 Å². The van der Waals surface area contributed by atoms with Gasteiger partial charge in [-0.25, -0.2) is 9.37 Å². The minimum atomic E-state index is -0.320. The fraction of sp³-hybridized carbons (Fsp3) is 0.194. The van der Waals surface area contributed by atoms with Gasteiger partial charge in [-0.15, -0.1) is 11.3 Å². The van der Waals surface area contributed by atoms with Gasteiger partial charge in [-0.3, -0.25) is 19.1 Å². The highest BCUT2D eigenvalue weighted by Crippen LogP contribution is 2.25. The fourth-order valence-corrected chi connectivity index (χ4v) is 5.71. The summed E-state index contributed by atoms with van der Waals surface area (Å²) >= 11 is 1.35. The number of thiazole rings is 1. The van der Waals surface area contributed by atoms with Crippen LogP contribution in [-0.2, 0) is 17.8 Å². The van der Waals surface area contributed by atoms with Crippen LogP contribution in [0.1, 0.15) is 26.4 Å². The van der Waals surface area contributed by atoms with Crippen molar-refractivity contribution in [1.29, 1.82) is 0 Å². The molecule has 41 heavy (non-hydrogen) atoms. The third kappa shape index (κ3) is 5.92. The Kier molecular flexibility index (Phi) is 7.39. The number of fused-ring (bicyclic) bond motifs is 1. The maximum Gasteiger partial charge on any atom is 0.253 e. The van der Waals surface area contributed by atoms with Crippen LogP contribution in [0.5, 0.6) is 0 Å². The van der Waals surface area contributed by atoms with E-state index in [-0.39, 0.29) is 36.4 Å². The number of aromatic nitrogens is 3. The number of carbonyl (C=O) groups is 3. The first kappa shape index (κ1) is 26.5. The van der Waals surface area contributed by atoms with Crippen LogP contribution in [0.2, 0.25) is 0 Å². The van der Waals surface area contributed by atoms with Crippen LogP contribution in [0.25, 0.3) is 21.5 Å². The van der Waals surface area contributed by atoms with Crippen molar-refractivity contribution in [3.8, 4) is 10.6 Å². The minimum Gasteiger partial charge on any atom is -0.338 e. The Bertz CT molecular complexity index is 1720. The quantitative estimate of drug-likeness (QED) is 0.266. The number of rotatable bonds is 7. The Balaban J connectivity index is 1.05. The van der Waals surface area contributed by atoms with E-state index in [2.05, 4.69) is 10.1 Å². The SMILES string of the molecule is O=C(Cc1ccc2nn(CC(=O)N3CCN(C(=O)c4ccccc4)CC3)cc2c1)c1csc(-c2ccc(F)cc2)n1. The Morgan fingerprint density at radius 1 is 0.878 bits per heavy atom. The minimum absolute atomic E-state index is 0.0200. The molecule has 3 heterocycles. The summed E-state index contributed by atoms with van der Waals surface area (Å²) in [5.74, 6) is -0.505. The number of carbonyl (C=O) groups excluding carboxylic acids is 3. The van der Waals surface area contributed by atoms with E-state index in [9.17, 15) is 18.8 Å². The van der Waals surface area contributed by atoms with E-state index >= 15 is 0 Å².